The number of anilines is 1. The largest absolute Gasteiger partial charge is 0.497 e. The Morgan fingerprint density at radius 3 is 2.38 bits per heavy atom. The second-order valence-electron chi connectivity index (χ2n) is 8.02. The van der Waals surface area contributed by atoms with Crippen LogP contribution in [0.15, 0.2) is 72.1 Å². The first-order valence-electron chi connectivity index (χ1n) is 11.0. The maximum atomic E-state index is 13.6. The molecule has 0 aliphatic heterocycles. The summed E-state index contributed by atoms with van der Waals surface area (Å²) < 4.78 is 5.30. The molecule has 2 amide bonds. The molecule has 0 saturated heterocycles. The number of carbonyl (C=O) groups is 2. The minimum Gasteiger partial charge on any atom is -0.497 e. The normalized spacial score (nSPS) is 14.7. The summed E-state index contributed by atoms with van der Waals surface area (Å²) in [5.41, 5.74) is 1.46. The number of ether oxygens (including phenoxy) is 1. The Hall–Kier alpha value is -3.12. The van der Waals surface area contributed by atoms with Crippen LogP contribution in [-0.2, 0) is 16.0 Å². The Morgan fingerprint density at radius 1 is 1.03 bits per heavy atom. The van der Waals surface area contributed by atoms with Gasteiger partial charge in [0.25, 0.3) is 0 Å². The molecule has 1 aromatic heterocycles. The van der Waals surface area contributed by atoms with Gasteiger partial charge in [-0.2, -0.15) is 0 Å². The third kappa shape index (κ3) is 5.19. The summed E-state index contributed by atoms with van der Waals surface area (Å²) in [6.07, 6.45) is 4.46. The summed E-state index contributed by atoms with van der Waals surface area (Å²) in [6, 6.07) is 20.1. The summed E-state index contributed by atoms with van der Waals surface area (Å²) in [7, 11) is 1.61. The molecule has 166 valence electrons. The molecule has 1 fully saturated rings. The lowest BCUT2D eigenvalue weighted by Crippen LogP contribution is -2.46. The van der Waals surface area contributed by atoms with Crippen LogP contribution in [0.1, 0.15) is 42.2 Å². The van der Waals surface area contributed by atoms with Gasteiger partial charge in [0.05, 0.1) is 13.5 Å². The molecular weight excluding hydrogens is 420 g/mol. The van der Waals surface area contributed by atoms with Gasteiger partial charge in [0.15, 0.2) is 0 Å². The van der Waals surface area contributed by atoms with Gasteiger partial charge in [0.1, 0.15) is 11.8 Å². The zero-order valence-electron chi connectivity index (χ0n) is 18.2. The van der Waals surface area contributed by atoms with E-state index < -0.39 is 6.04 Å². The minimum atomic E-state index is -0.767. The number of nitrogens with one attached hydrogen (secondary N) is 1. The van der Waals surface area contributed by atoms with Crippen molar-refractivity contribution in [2.24, 2.45) is 0 Å². The fraction of sp³-hybridized carbons (Fsp3) is 0.308. The highest BCUT2D eigenvalue weighted by Crippen LogP contribution is 2.31. The van der Waals surface area contributed by atoms with Crippen molar-refractivity contribution in [1.82, 2.24) is 5.32 Å². The summed E-state index contributed by atoms with van der Waals surface area (Å²) in [5.74, 6) is 0.450. The maximum absolute atomic E-state index is 13.6. The van der Waals surface area contributed by atoms with E-state index in [1.165, 1.54) is 0 Å². The van der Waals surface area contributed by atoms with Gasteiger partial charge in [-0.1, -0.05) is 49.2 Å². The fourth-order valence-electron chi connectivity index (χ4n) is 4.23. The van der Waals surface area contributed by atoms with Gasteiger partial charge in [-0.15, -0.1) is 11.3 Å². The van der Waals surface area contributed by atoms with Gasteiger partial charge in [-0.05, 0) is 54.1 Å². The fourth-order valence-corrected chi connectivity index (χ4v) is 4.92. The summed E-state index contributed by atoms with van der Waals surface area (Å²) in [5, 5.41) is 5.17. The van der Waals surface area contributed by atoms with Crippen molar-refractivity contribution in [3.8, 4) is 5.75 Å². The lowest BCUT2D eigenvalue weighted by molar-refractivity contribution is -0.127. The van der Waals surface area contributed by atoms with E-state index in [4.69, 9.17) is 4.74 Å². The van der Waals surface area contributed by atoms with Crippen molar-refractivity contribution >= 4 is 28.8 Å². The van der Waals surface area contributed by atoms with Crippen molar-refractivity contribution in [2.45, 2.75) is 44.2 Å². The van der Waals surface area contributed by atoms with Crippen LogP contribution in [0.25, 0.3) is 0 Å². The van der Waals surface area contributed by atoms with Gasteiger partial charge in [-0.25, -0.2) is 0 Å². The zero-order valence-corrected chi connectivity index (χ0v) is 19.0. The summed E-state index contributed by atoms with van der Waals surface area (Å²) >= 11 is 1.55. The molecule has 1 saturated carbocycles. The highest BCUT2D eigenvalue weighted by Gasteiger charge is 2.34. The molecule has 6 heteroatoms. The van der Waals surface area contributed by atoms with Crippen molar-refractivity contribution in [3.05, 3.63) is 82.6 Å². The van der Waals surface area contributed by atoms with Crippen LogP contribution in [0.5, 0.6) is 5.75 Å². The number of hydrogen-bond donors (Lipinski definition) is 1. The van der Waals surface area contributed by atoms with E-state index in [1.54, 1.807) is 23.3 Å². The van der Waals surface area contributed by atoms with E-state index in [-0.39, 0.29) is 24.3 Å². The predicted octanol–water partition coefficient (Wildman–Crippen LogP) is 5.13. The lowest BCUT2D eigenvalue weighted by atomic mass is 10.0. The Balaban J connectivity index is 1.73. The van der Waals surface area contributed by atoms with Gasteiger partial charge >= 0.3 is 0 Å². The quantitative estimate of drug-likeness (QED) is 0.520. The number of carbonyl (C=O) groups excluding carboxylic acids is 2. The number of methoxy groups -OCH3 is 1. The molecule has 0 spiro atoms. The van der Waals surface area contributed by atoms with Crippen molar-refractivity contribution < 1.29 is 14.3 Å². The second-order valence-corrected chi connectivity index (χ2v) is 9.05. The third-order valence-electron chi connectivity index (χ3n) is 5.85. The van der Waals surface area contributed by atoms with Crippen LogP contribution in [0.3, 0.4) is 0 Å². The van der Waals surface area contributed by atoms with E-state index in [0.29, 0.717) is 11.4 Å². The summed E-state index contributed by atoms with van der Waals surface area (Å²) in [6.45, 7) is 0. The van der Waals surface area contributed by atoms with Gasteiger partial charge in [-0.3, -0.25) is 14.5 Å². The molecule has 0 radical (unpaired) electrons. The molecule has 4 rings (SSSR count). The number of thiophene rings is 1. The number of rotatable bonds is 8. The standard InChI is InChI=1S/C26H28N2O3S/c1-31-22-15-13-19(14-16-22)25(26(30)27-20-8-5-6-9-20)28(21-10-3-2-4-11-21)24(29)18-23-12-7-17-32-23/h2-4,7,10-17,20,25H,5-6,8-9,18H2,1H3,(H,27,30). The lowest BCUT2D eigenvalue weighted by Gasteiger charge is -2.32. The first-order chi connectivity index (χ1) is 15.7. The Labute approximate surface area is 193 Å². The third-order valence-corrected chi connectivity index (χ3v) is 6.72. The van der Waals surface area contributed by atoms with Gasteiger partial charge in [0, 0.05) is 16.6 Å². The molecule has 1 atom stereocenters. The number of benzene rings is 2. The summed E-state index contributed by atoms with van der Waals surface area (Å²) in [4.78, 5) is 29.9. The molecule has 5 nitrogen and oxygen atoms in total. The highest BCUT2D eigenvalue weighted by molar-refractivity contribution is 7.10. The molecule has 1 aliphatic carbocycles. The van der Waals surface area contributed by atoms with E-state index in [9.17, 15) is 9.59 Å². The number of nitrogens with zero attached hydrogens (tertiary/aromatic N) is 1. The molecule has 32 heavy (non-hydrogen) atoms. The van der Waals surface area contributed by atoms with Crippen LogP contribution in [0.2, 0.25) is 0 Å². The molecule has 1 N–H and O–H groups in total. The highest BCUT2D eigenvalue weighted by atomic mass is 32.1. The van der Waals surface area contributed by atoms with E-state index in [0.717, 1.165) is 36.1 Å². The topological polar surface area (TPSA) is 58.6 Å². The molecule has 1 heterocycles. The van der Waals surface area contributed by atoms with Gasteiger partial charge in [0.2, 0.25) is 11.8 Å². The van der Waals surface area contributed by atoms with E-state index >= 15 is 0 Å². The molecule has 1 unspecified atom stereocenters. The van der Waals surface area contributed by atoms with Crippen molar-refractivity contribution in [3.63, 3.8) is 0 Å². The maximum Gasteiger partial charge on any atom is 0.248 e. The van der Waals surface area contributed by atoms with Crippen LogP contribution in [0.4, 0.5) is 5.69 Å². The number of hydrogen-bond acceptors (Lipinski definition) is 4. The number of amides is 2. The van der Waals surface area contributed by atoms with Crippen molar-refractivity contribution in [2.75, 3.05) is 12.0 Å². The Morgan fingerprint density at radius 2 is 1.75 bits per heavy atom. The monoisotopic (exact) mass is 448 g/mol. The Kier molecular flexibility index (Phi) is 7.22. The zero-order chi connectivity index (χ0) is 22.3. The first-order valence-corrected chi connectivity index (χ1v) is 11.9. The van der Waals surface area contributed by atoms with Gasteiger partial charge < -0.3 is 10.1 Å². The van der Waals surface area contributed by atoms with Crippen LogP contribution in [0, 0.1) is 0 Å². The second kappa shape index (κ2) is 10.5. The van der Waals surface area contributed by atoms with Crippen LogP contribution < -0.4 is 15.0 Å². The van der Waals surface area contributed by atoms with Crippen LogP contribution in [-0.4, -0.2) is 25.0 Å². The van der Waals surface area contributed by atoms with E-state index in [2.05, 4.69) is 5.32 Å². The van der Waals surface area contributed by atoms with Crippen molar-refractivity contribution in [1.29, 1.82) is 0 Å². The smallest absolute Gasteiger partial charge is 0.248 e. The number of para-hydroxylation sites is 1. The SMILES string of the molecule is COc1ccc(C(C(=O)NC2CCCC2)N(C(=O)Cc2cccs2)c2ccccc2)cc1. The minimum absolute atomic E-state index is 0.110. The first kappa shape index (κ1) is 22.1. The Bertz CT molecular complexity index is 1010. The van der Waals surface area contributed by atoms with Crippen LogP contribution >= 0.6 is 11.3 Å². The van der Waals surface area contributed by atoms with E-state index in [1.807, 2.05) is 72.1 Å². The molecule has 0 bridgehead atoms. The molecule has 3 aromatic rings. The molecule has 1 aliphatic rings. The average Bonchev–Trinajstić information content (AvgIpc) is 3.52. The average molecular weight is 449 g/mol. The predicted molar refractivity (Wildman–Crippen MR) is 128 cm³/mol. The molecular formula is C26H28N2O3S. The molecule has 2 aromatic carbocycles.